The van der Waals surface area contributed by atoms with Crippen LogP contribution < -0.4 is 10.6 Å². The largest absolute Gasteiger partial charge is 0.420 e. The molecule has 0 atom stereocenters. The highest BCUT2D eigenvalue weighted by Crippen LogP contribution is 2.33. The molecule has 120 valence electrons. The Morgan fingerprint density at radius 2 is 2.00 bits per heavy atom. The van der Waals surface area contributed by atoms with Crippen molar-refractivity contribution in [2.45, 2.75) is 6.18 Å². The van der Waals surface area contributed by atoms with Crippen LogP contribution in [0.2, 0.25) is 5.15 Å². The highest BCUT2D eigenvalue weighted by Gasteiger charge is 2.34. The van der Waals surface area contributed by atoms with Crippen molar-refractivity contribution in [2.24, 2.45) is 0 Å². The zero-order chi connectivity index (χ0) is 17.0. The summed E-state index contributed by atoms with van der Waals surface area (Å²) in [5.41, 5.74) is -0.183. The predicted molar refractivity (Wildman–Crippen MR) is 80.6 cm³/mol. The Morgan fingerprint density at radius 3 is 2.61 bits per heavy atom. The van der Waals surface area contributed by atoms with Gasteiger partial charge in [0, 0.05) is 17.6 Å². The van der Waals surface area contributed by atoms with Gasteiger partial charge in [0.1, 0.15) is 10.7 Å². The van der Waals surface area contributed by atoms with Crippen molar-refractivity contribution in [3.63, 3.8) is 0 Å². The molecule has 1 amide bonds. The van der Waals surface area contributed by atoms with Crippen molar-refractivity contribution in [1.82, 2.24) is 9.97 Å². The number of nitrogens with zero attached hydrogens (tertiary/aromatic N) is 2. The Bertz CT molecular complexity index is 749. The molecule has 0 saturated carbocycles. The smallest absolute Gasteiger partial charge is 0.324 e. The molecular formula is C14H10ClF3N4O. The Labute approximate surface area is 134 Å². The Kier molecular flexibility index (Phi) is 4.85. The highest BCUT2D eigenvalue weighted by atomic mass is 35.5. The second-order valence-corrected chi connectivity index (χ2v) is 4.65. The van der Waals surface area contributed by atoms with Crippen LogP contribution in [0.5, 0.6) is 0 Å². The van der Waals surface area contributed by atoms with Gasteiger partial charge in [-0.05, 0) is 24.3 Å². The zero-order valence-electron chi connectivity index (χ0n) is 11.5. The second kappa shape index (κ2) is 6.66. The van der Waals surface area contributed by atoms with Gasteiger partial charge in [-0.25, -0.2) is 9.97 Å². The molecule has 0 fully saturated rings. The number of rotatable bonds is 4. The molecule has 2 N–H and O–H groups in total. The van der Waals surface area contributed by atoms with Crippen LogP contribution in [0.25, 0.3) is 0 Å². The van der Waals surface area contributed by atoms with E-state index in [0.717, 1.165) is 6.08 Å². The van der Waals surface area contributed by atoms with Gasteiger partial charge in [-0.3, -0.25) is 4.79 Å². The molecule has 23 heavy (non-hydrogen) atoms. The van der Waals surface area contributed by atoms with Crippen molar-refractivity contribution in [2.75, 3.05) is 10.6 Å². The number of carbonyl (C=O) groups is 1. The van der Waals surface area contributed by atoms with Crippen LogP contribution in [0, 0.1) is 0 Å². The van der Waals surface area contributed by atoms with Crippen LogP contribution in [-0.4, -0.2) is 15.9 Å². The third-order valence-corrected chi connectivity index (χ3v) is 2.91. The third kappa shape index (κ3) is 4.43. The van der Waals surface area contributed by atoms with Crippen LogP contribution in [-0.2, 0) is 11.0 Å². The van der Waals surface area contributed by atoms with Gasteiger partial charge >= 0.3 is 6.18 Å². The van der Waals surface area contributed by atoms with Gasteiger partial charge in [0.15, 0.2) is 0 Å². The van der Waals surface area contributed by atoms with Gasteiger partial charge in [0.25, 0.3) is 0 Å². The lowest BCUT2D eigenvalue weighted by Crippen LogP contribution is -2.09. The van der Waals surface area contributed by atoms with Crippen LogP contribution in [0.4, 0.5) is 30.5 Å². The lowest BCUT2D eigenvalue weighted by Gasteiger charge is -2.10. The summed E-state index contributed by atoms with van der Waals surface area (Å²) in [6.45, 7) is 3.33. The fourth-order valence-corrected chi connectivity index (χ4v) is 1.84. The molecule has 0 aliphatic carbocycles. The first-order valence-electron chi connectivity index (χ1n) is 6.20. The topological polar surface area (TPSA) is 66.9 Å². The van der Waals surface area contributed by atoms with E-state index in [1.807, 2.05) is 0 Å². The number of aromatic nitrogens is 2. The summed E-state index contributed by atoms with van der Waals surface area (Å²) < 4.78 is 37.7. The number of carbonyl (C=O) groups excluding carboxylic acids is 1. The highest BCUT2D eigenvalue weighted by molar-refractivity contribution is 6.30. The molecule has 1 heterocycles. The first-order chi connectivity index (χ1) is 10.8. The molecule has 2 aromatic rings. The van der Waals surface area contributed by atoms with Crippen LogP contribution in [0.15, 0.2) is 43.1 Å². The molecule has 0 spiro atoms. The summed E-state index contributed by atoms with van der Waals surface area (Å²) in [6, 6.07) is 6.44. The molecule has 5 nitrogen and oxygen atoms in total. The molecule has 1 aromatic carbocycles. The Balaban J connectivity index is 2.19. The van der Waals surface area contributed by atoms with E-state index in [4.69, 9.17) is 11.6 Å². The summed E-state index contributed by atoms with van der Waals surface area (Å²) in [5, 5.41) is 4.55. The van der Waals surface area contributed by atoms with E-state index in [2.05, 4.69) is 27.2 Å². The van der Waals surface area contributed by atoms with Crippen molar-refractivity contribution < 1.29 is 18.0 Å². The monoisotopic (exact) mass is 342 g/mol. The molecule has 9 heteroatoms. The third-order valence-electron chi connectivity index (χ3n) is 2.62. The molecule has 1 aromatic heterocycles. The number of halogens is 4. The SMILES string of the molecule is C=CC(=O)Nc1cccc(Nc2ncc(C(F)(F)F)c(Cl)n2)c1. The summed E-state index contributed by atoms with van der Waals surface area (Å²) in [5.74, 6) is -0.494. The number of nitrogens with one attached hydrogen (secondary N) is 2. The Morgan fingerprint density at radius 1 is 1.30 bits per heavy atom. The van der Waals surface area contributed by atoms with Gasteiger partial charge in [0.05, 0.1) is 0 Å². The number of hydrogen-bond donors (Lipinski definition) is 2. The minimum atomic E-state index is -4.62. The van der Waals surface area contributed by atoms with Gasteiger partial charge in [-0.15, -0.1) is 0 Å². The minimum absolute atomic E-state index is 0.102. The maximum absolute atomic E-state index is 12.6. The minimum Gasteiger partial charge on any atom is -0.324 e. The van der Waals surface area contributed by atoms with E-state index in [9.17, 15) is 18.0 Å². The van der Waals surface area contributed by atoms with E-state index in [0.29, 0.717) is 17.6 Å². The number of alkyl halides is 3. The number of benzene rings is 1. The predicted octanol–water partition coefficient (Wildman–Crippen LogP) is 4.02. The normalized spacial score (nSPS) is 11.0. The lowest BCUT2D eigenvalue weighted by atomic mass is 10.2. The molecule has 0 radical (unpaired) electrons. The van der Waals surface area contributed by atoms with E-state index in [1.54, 1.807) is 24.3 Å². The molecule has 0 unspecified atom stereocenters. The molecule has 0 bridgehead atoms. The van der Waals surface area contributed by atoms with Crippen molar-refractivity contribution >= 4 is 34.8 Å². The van der Waals surface area contributed by atoms with Gasteiger partial charge in [-0.2, -0.15) is 13.2 Å². The first-order valence-corrected chi connectivity index (χ1v) is 6.57. The second-order valence-electron chi connectivity index (χ2n) is 4.30. The maximum Gasteiger partial charge on any atom is 0.420 e. The van der Waals surface area contributed by atoms with E-state index in [-0.39, 0.29) is 5.95 Å². The summed E-state index contributed by atoms with van der Waals surface area (Å²) >= 11 is 5.52. The quantitative estimate of drug-likeness (QED) is 0.650. The van der Waals surface area contributed by atoms with Crippen LogP contribution >= 0.6 is 11.6 Å². The number of hydrogen-bond acceptors (Lipinski definition) is 4. The van der Waals surface area contributed by atoms with Gasteiger partial charge < -0.3 is 10.6 Å². The number of amides is 1. The standard InChI is InChI=1S/C14H10ClF3N4O/c1-2-11(23)20-8-4-3-5-9(6-8)21-13-19-7-10(12(15)22-13)14(16,17)18/h2-7H,1H2,(H,20,23)(H,19,21,22). The summed E-state index contributed by atoms with van der Waals surface area (Å²) in [7, 11) is 0. The average molecular weight is 343 g/mol. The molecular weight excluding hydrogens is 333 g/mol. The fraction of sp³-hybridized carbons (Fsp3) is 0.0714. The van der Waals surface area contributed by atoms with Crippen molar-refractivity contribution in [3.8, 4) is 0 Å². The average Bonchev–Trinajstić information content (AvgIpc) is 2.46. The zero-order valence-corrected chi connectivity index (χ0v) is 12.2. The summed E-state index contributed by atoms with van der Waals surface area (Å²) in [4.78, 5) is 18.4. The first kappa shape index (κ1) is 16.8. The van der Waals surface area contributed by atoms with E-state index >= 15 is 0 Å². The van der Waals surface area contributed by atoms with Crippen molar-refractivity contribution in [1.29, 1.82) is 0 Å². The fourth-order valence-electron chi connectivity index (χ4n) is 1.61. The molecule has 0 aliphatic heterocycles. The molecule has 0 saturated heterocycles. The molecule has 0 aliphatic rings. The maximum atomic E-state index is 12.6. The lowest BCUT2D eigenvalue weighted by molar-refractivity contribution is -0.138. The number of anilines is 3. The van der Waals surface area contributed by atoms with E-state index < -0.39 is 22.8 Å². The van der Waals surface area contributed by atoms with Crippen molar-refractivity contribution in [3.05, 3.63) is 53.8 Å². The van der Waals surface area contributed by atoms with E-state index in [1.165, 1.54) is 0 Å². The van der Waals surface area contributed by atoms with Gasteiger partial charge in [0.2, 0.25) is 11.9 Å². The van der Waals surface area contributed by atoms with Gasteiger partial charge in [-0.1, -0.05) is 24.2 Å². The van der Waals surface area contributed by atoms with Crippen LogP contribution in [0.3, 0.4) is 0 Å². The van der Waals surface area contributed by atoms with Crippen LogP contribution in [0.1, 0.15) is 5.56 Å². The molecule has 2 rings (SSSR count). The Hall–Kier alpha value is -2.61. The summed E-state index contributed by atoms with van der Waals surface area (Å²) in [6.07, 6.45) is -2.91.